The molecule has 3 amide bonds. The van der Waals surface area contributed by atoms with E-state index < -0.39 is 11.8 Å². The zero-order valence-electron chi connectivity index (χ0n) is 18.5. The minimum atomic E-state index is -0.406. The molecule has 0 spiro atoms. The zero-order valence-corrected chi connectivity index (χ0v) is 18.5. The normalized spacial score (nSPS) is 24.5. The molecule has 5 nitrogen and oxygen atoms in total. The van der Waals surface area contributed by atoms with Gasteiger partial charge in [0.25, 0.3) is 5.91 Å². The van der Waals surface area contributed by atoms with E-state index in [4.69, 9.17) is 0 Å². The quantitative estimate of drug-likeness (QED) is 0.625. The van der Waals surface area contributed by atoms with E-state index in [2.05, 4.69) is 29.6 Å². The third kappa shape index (κ3) is 2.75. The summed E-state index contributed by atoms with van der Waals surface area (Å²) in [4.78, 5) is 41.2. The van der Waals surface area contributed by atoms with Crippen LogP contribution in [0.2, 0.25) is 0 Å². The highest BCUT2D eigenvalue weighted by molar-refractivity contribution is 6.23. The van der Waals surface area contributed by atoms with Gasteiger partial charge in [0, 0.05) is 23.4 Å². The summed E-state index contributed by atoms with van der Waals surface area (Å²) >= 11 is 0. The van der Waals surface area contributed by atoms with Crippen molar-refractivity contribution in [2.24, 2.45) is 11.8 Å². The van der Waals surface area contributed by atoms with Crippen molar-refractivity contribution >= 4 is 23.4 Å². The number of carbonyl (C=O) groups excluding carboxylic acids is 3. The first-order valence-electron chi connectivity index (χ1n) is 11.4. The maximum absolute atomic E-state index is 13.8. The Labute approximate surface area is 192 Å². The predicted molar refractivity (Wildman–Crippen MR) is 125 cm³/mol. The van der Waals surface area contributed by atoms with Gasteiger partial charge in [-0.05, 0) is 60.4 Å². The highest BCUT2D eigenvalue weighted by atomic mass is 16.2. The molecule has 164 valence electrons. The topological polar surface area (TPSA) is 66.5 Å². The lowest BCUT2D eigenvalue weighted by Crippen LogP contribution is -2.41. The second kappa shape index (κ2) is 7.14. The number of imide groups is 1. The molecular weight excluding hydrogens is 412 g/mol. The Bertz CT molecular complexity index is 1200. The van der Waals surface area contributed by atoms with E-state index in [-0.39, 0.29) is 35.6 Å². The highest BCUT2D eigenvalue weighted by Crippen LogP contribution is 2.61. The van der Waals surface area contributed by atoms with Crippen molar-refractivity contribution in [3.05, 3.63) is 101 Å². The summed E-state index contributed by atoms with van der Waals surface area (Å²) in [5, 5.41) is 2.86. The Kier molecular flexibility index (Phi) is 4.31. The molecule has 1 fully saturated rings. The van der Waals surface area contributed by atoms with E-state index in [1.165, 1.54) is 4.90 Å². The monoisotopic (exact) mass is 436 g/mol. The van der Waals surface area contributed by atoms with Gasteiger partial charge in [-0.25, -0.2) is 4.90 Å². The molecule has 0 unspecified atom stereocenters. The molecule has 1 heterocycles. The molecule has 1 N–H and O–H groups in total. The minimum absolute atomic E-state index is 0.0285. The average Bonchev–Trinajstić information content (AvgIpc) is 3.09. The van der Waals surface area contributed by atoms with Crippen LogP contribution in [0.3, 0.4) is 0 Å². The standard InChI is InChI=1S/C28H24N2O3/c1-15(2)29-26(31)16-11-13-17(14-12-16)30-27(32)24-22-18-7-3-4-8-19(18)23(25(24)28(30)33)21-10-6-5-9-20(21)22/h3-15,22-25H,1-2H3,(H,29,31)/t22?,23?,24-,25-/m0/s1. The number of anilines is 1. The van der Waals surface area contributed by atoms with Crippen molar-refractivity contribution < 1.29 is 14.4 Å². The van der Waals surface area contributed by atoms with Gasteiger partial charge in [0.2, 0.25) is 11.8 Å². The number of nitrogens with one attached hydrogen (secondary N) is 1. The van der Waals surface area contributed by atoms with E-state index in [1.807, 2.05) is 38.1 Å². The first-order chi connectivity index (χ1) is 16.0. The molecule has 5 heteroatoms. The van der Waals surface area contributed by atoms with E-state index in [0.717, 1.165) is 22.3 Å². The predicted octanol–water partition coefficient (Wildman–Crippen LogP) is 4.22. The summed E-state index contributed by atoms with van der Waals surface area (Å²) in [6.45, 7) is 3.81. The van der Waals surface area contributed by atoms with E-state index in [1.54, 1.807) is 24.3 Å². The van der Waals surface area contributed by atoms with Crippen LogP contribution in [0.25, 0.3) is 0 Å². The molecule has 3 aromatic rings. The lowest BCUT2D eigenvalue weighted by Gasteiger charge is -2.45. The largest absolute Gasteiger partial charge is 0.350 e. The van der Waals surface area contributed by atoms with Crippen molar-refractivity contribution in [1.29, 1.82) is 0 Å². The molecule has 0 saturated carbocycles. The Morgan fingerprint density at radius 2 is 1.15 bits per heavy atom. The summed E-state index contributed by atoms with van der Waals surface area (Å²) in [6.07, 6.45) is 0. The number of benzene rings is 3. The molecule has 1 aliphatic heterocycles. The van der Waals surface area contributed by atoms with Gasteiger partial charge in [-0.2, -0.15) is 0 Å². The van der Waals surface area contributed by atoms with Gasteiger partial charge in [-0.15, -0.1) is 0 Å². The fraction of sp³-hybridized carbons (Fsp3) is 0.250. The second-order valence-corrected chi connectivity index (χ2v) is 9.45. The lowest BCUT2D eigenvalue weighted by atomic mass is 9.55. The molecule has 1 saturated heterocycles. The van der Waals surface area contributed by atoms with E-state index >= 15 is 0 Å². The van der Waals surface area contributed by atoms with Crippen molar-refractivity contribution in [2.45, 2.75) is 31.7 Å². The summed E-state index contributed by atoms with van der Waals surface area (Å²) in [5.41, 5.74) is 5.66. The molecule has 3 aromatic carbocycles. The number of carbonyl (C=O) groups is 3. The molecule has 2 bridgehead atoms. The Hall–Kier alpha value is -3.73. The minimum Gasteiger partial charge on any atom is -0.350 e. The number of amides is 3. The molecule has 0 radical (unpaired) electrons. The second-order valence-electron chi connectivity index (χ2n) is 9.45. The summed E-state index contributed by atoms with van der Waals surface area (Å²) in [7, 11) is 0. The van der Waals surface area contributed by atoms with Crippen LogP contribution in [0.15, 0.2) is 72.8 Å². The smallest absolute Gasteiger partial charge is 0.251 e. The summed E-state index contributed by atoms with van der Waals surface area (Å²) in [5.74, 6) is -1.53. The van der Waals surface area contributed by atoms with Crippen molar-refractivity contribution in [3.63, 3.8) is 0 Å². The molecule has 4 aliphatic rings. The van der Waals surface area contributed by atoms with Crippen molar-refractivity contribution in [3.8, 4) is 0 Å². The molecule has 7 rings (SSSR count). The number of hydrogen-bond acceptors (Lipinski definition) is 3. The summed E-state index contributed by atoms with van der Waals surface area (Å²) in [6, 6.07) is 23.2. The number of nitrogens with zero attached hydrogens (tertiary/aromatic N) is 1. The van der Waals surface area contributed by atoms with Crippen LogP contribution in [-0.2, 0) is 9.59 Å². The van der Waals surface area contributed by atoms with Gasteiger partial charge >= 0.3 is 0 Å². The summed E-state index contributed by atoms with van der Waals surface area (Å²) < 4.78 is 0. The average molecular weight is 437 g/mol. The van der Waals surface area contributed by atoms with Gasteiger partial charge in [0.15, 0.2) is 0 Å². The first-order valence-corrected chi connectivity index (χ1v) is 11.4. The maximum atomic E-state index is 13.8. The Morgan fingerprint density at radius 1 is 0.727 bits per heavy atom. The van der Waals surface area contributed by atoms with Gasteiger partial charge < -0.3 is 5.32 Å². The fourth-order valence-electron chi connectivity index (χ4n) is 6.04. The van der Waals surface area contributed by atoms with Crippen LogP contribution < -0.4 is 10.2 Å². The fourth-order valence-corrected chi connectivity index (χ4v) is 6.04. The molecular formula is C28H24N2O3. The molecule has 0 aromatic heterocycles. The number of rotatable bonds is 3. The Balaban J connectivity index is 1.41. The van der Waals surface area contributed by atoms with E-state index in [0.29, 0.717) is 11.3 Å². The van der Waals surface area contributed by atoms with Gasteiger partial charge in [-0.3, -0.25) is 14.4 Å². The van der Waals surface area contributed by atoms with Crippen LogP contribution in [-0.4, -0.2) is 23.8 Å². The first kappa shape index (κ1) is 19.9. The van der Waals surface area contributed by atoms with E-state index in [9.17, 15) is 14.4 Å². The maximum Gasteiger partial charge on any atom is 0.251 e. The third-order valence-corrected chi connectivity index (χ3v) is 7.26. The lowest BCUT2D eigenvalue weighted by molar-refractivity contribution is -0.122. The zero-order chi connectivity index (χ0) is 22.9. The van der Waals surface area contributed by atoms with Crippen molar-refractivity contribution in [2.75, 3.05) is 4.90 Å². The van der Waals surface area contributed by atoms with Crippen LogP contribution in [0.5, 0.6) is 0 Å². The Morgan fingerprint density at radius 3 is 1.55 bits per heavy atom. The molecule has 3 aliphatic carbocycles. The van der Waals surface area contributed by atoms with Gasteiger partial charge in [-0.1, -0.05) is 48.5 Å². The van der Waals surface area contributed by atoms with Crippen LogP contribution in [0.1, 0.15) is 58.3 Å². The van der Waals surface area contributed by atoms with Crippen molar-refractivity contribution in [1.82, 2.24) is 5.32 Å². The van der Waals surface area contributed by atoms with Crippen LogP contribution >= 0.6 is 0 Å². The van der Waals surface area contributed by atoms with Gasteiger partial charge in [0.1, 0.15) is 0 Å². The third-order valence-electron chi connectivity index (χ3n) is 7.26. The highest BCUT2D eigenvalue weighted by Gasteiger charge is 2.61. The van der Waals surface area contributed by atoms with Crippen LogP contribution in [0.4, 0.5) is 5.69 Å². The molecule has 33 heavy (non-hydrogen) atoms. The molecule has 2 atom stereocenters. The van der Waals surface area contributed by atoms with Crippen LogP contribution in [0, 0.1) is 11.8 Å². The number of hydrogen-bond donors (Lipinski definition) is 1. The SMILES string of the molecule is CC(C)NC(=O)c1ccc(N2C(=O)[C@H]3C4c5ccccc5C(c5ccccc54)[C@@H]3C2=O)cc1. The van der Waals surface area contributed by atoms with Gasteiger partial charge in [0.05, 0.1) is 17.5 Å².